The number of thiophene rings is 1. The van der Waals surface area contributed by atoms with Crippen LogP contribution in [0.2, 0.25) is 0 Å². The molecule has 2 heterocycles. The van der Waals surface area contributed by atoms with Crippen LogP contribution in [0.25, 0.3) is 5.69 Å². The highest BCUT2D eigenvalue weighted by Gasteiger charge is 2.20. The lowest BCUT2D eigenvalue weighted by molar-refractivity contribution is 0.0934. The molecular weight excluding hydrogens is 364 g/mol. The molecule has 0 aliphatic carbocycles. The van der Waals surface area contributed by atoms with E-state index in [1.165, 1.54) is 17.3 Å². The number of rotatable bonds is 7. The number of likely N-dealkylation sites (N-methyl/N-ethyl adjacent to an activating group) is 1. The lowest BCUT2D eigenvalue weighted by Crippen LogP contribution is -2.35. The molecule has 0 radical (unpaired) electrons. The molecule has 0 spiro atoms. The molecule has 136 valence electrons. The Morgan fingerprint density at radius 2 is 2.08 bits per heavy atom. The summed E-state index contributed by atoms with van der Waals surface area (Å²) < 4.78 is 1.90. The standard InChI is InChI=1S/C19H22N4OS2/c1-22(2)16(14-9-10-26-13-14)11-20-18(24)17-12-21-19(25-3)23(17)15-7-5-4-6-8-15/h4-10,12-13,16H,11H2,1-3H3,(H,20,24). The molecule has 1 N–H and O–H groups in total. The van der Waals surface area contributed by atoms with Gasteiger partial charge >= 0.3 is 0 Å². The van der Waals surface area contributed by atoms with Gasteiger partial charge in [-0.3, -0.25) is 9.36 Å². The predicted octanol–water partition coefficient (Wildman–Crippen LogP) is 3.69. The van der Waals surface area contributed by atoms with E-state index < -0.39 is 0 Å². The predicted molar refractivity (Wildman–Crippen MR) is 108 cm³/mol. The zero-order valence-electron chi connectivity index (χ0n) is 15.0. The molecule has 0 aliphatic heterocycles. The second-order valence-electron chi connectivity index (χ2n) is 6.05. The Hall–Kier alpha value is -2.09. The summed E-state index contributed by atoms with van der Waals surface area (Å²) in [6.07, 6.45) is 3.60. The molecule has 3 rings (SSSR count). The zero-order chi connectivity index (χ0) is 18.5. The van der Waals surface area contributed by atoms with Crippen LogP contribution in [0, 0.1) is 0 Å². The Labute approximate surface area is 162 Å². The molecule has 3 aromatic rings. The number of carbonyl (C=O) groups is 1. The van der Waals surface area contributed by atoms with Gasteiger partial charge in [-0.2, -0.15) is 11.3 Å². The Balaban J connectivity index is 1.81. The first-order valence-electron chi connectivity index (χ1n) is 8.25. The maximum atomic E-state index is 12.9. The summed E-state index contributed by atoms with van der Waals surface area (Å²) in [5.74, 6) is -0.122. The molecule has 1 amide bonds. The second kappa shape index (κ2) is 8.53. The summed E-state index contributed by atoms with van der Waals surface area (Å²) in [5, 5.41) is 8.05. The number of hydrogen-bond acceptors (Lipinski definition) is 5. The molecule has 0 aliphatic rings. The van der Waals surface area contributed by atoms with Crippen molar-refractivity contribution in [3.63, 3.8) is 0 Å². The molecule has 0 saturated heterocycles. The zero-order valence-corrected chi connectivity index (χ0v) is 16.7. The fourth-order valence-electron chi connectivity index (χ4n) is 2.81. The van der Waals surface area contributed by atoms with Crippen molar-refractivity contribution in [1.82, 2.24) is 19.8 Å². The summed E-state index contributed by atoms with van der Waals surface area (Å²) in [5.41, 5.74) is 2.69. The van der Waals surface area contributed by atoms with Crippen LogP contribution in [0.3, 0.4) is 0 Å². The summed E-state index contributed by atoms with van der Waals surface area (Å²) in [6.45, 7) is 0.539. The Kier molecular flexibility index (Phi) is 6.13. The van der Waals surface area contributed by atoms with Crippen LogP contribution in [0.15, 0.2) is 58.5 Å². The SMILES string of the molecule is CSc1ncc(C(=O)NCC(c2ccsc2)N(C)C)n1-c1ccccc1. The maximum absolute atomic E-state index is 12.9. The first-order chi connectivity index (χ1) is 12.6. The van der Waals surface area contributed by atoms with Crippen LogP contribution >= 0.6 is 23.1 Å². The van der Waals surface area contributed by atoms with Crippen molar-refractivity contribution in [1.29, 1.82) is 0 Å². The molecule has 7 heteroatoms. The highest BCUT2D eigenvalue weighted by atomic mass is 32.2. The third kappa shape index (κ3) is 4.00. The van der Waals surface area contributed by atoms with Crippen molar-refractivity contribution in [2.24, 2.45) is 0 Å². The molecular formula is C19H22N4OS2. The van der Waals surface area contributed by atoms with Gasteiger partial charge in [-0.05, 0) is 54.9 Å². The average molecular weight is 387 g/mol. The number of aromatic nitrogens is 2. The van der Waals surface area contributed by atoms with Gasteiger partial charge in [0, 0.05) is 12.2 Å². The molecule has 1 unspecified atom stereocenters. The Bertz CT molecular complexity index is 844. The molecule has 0 fully saturated rings. The summed E-state index contributed by atoms with van der Waals surface area (Å²) in [6, 6.07) is 12.1. The minimum atomic E-state index is -0.122. The van der Waals surface area contributed by atoms with E-state index in [4.69, 9.17) is 0 Å². The van der Waals surface area contributed by atoms with Crippen LogP contribution in [-0.2, 0) is 0 Å². The van der Waals surface area contributed by atoms with E-state index in [1.54, 1.807) is 17.5 Å². The van der Waals surface area contributed by atoms with Crippen molar-refractivity contribution in [3.05, 3.63) is 64.6 Å². The van der Waals surface area contributed by atoms with Crippen molar-refractivity contribution >= 4 is 29.0 Å². The van der Waals surface area contributed by atoms with Crippen LogP contribution in [0.4, 0.5) is 0 Å². The molecule has 2 aromatic heterocycles. The first kappa shape index (κ1) is 18.7. The fourth-order valence-corrected chi connectivity index (χ4v) is 4.06. The van der Waals surface area contributed by atoms with E-state index in [2.05, 4.69) is 32.0 Å². The number of nitrogens with zero attached hydrogens (tertiary/aromatic N) is 3. The summed E-state index contributed by atoms with van der Waals surface area (Å²) >= 11 is 3.19. The minimum absolute atomic E-state index is 0.122. The smallest absolute Gasteiger partial charge is 0.270 e. The Morgan fingerprint density at radius 3 is 2.69 bits per heavy atom. The number of benzene rings is 1. The Morgan fingerprint density at radius 1 is 1.31 bits per heavy atom. The van der Waals surface area contributed by atoms with Gasteiger partial charge in [-0.1, -0.05) is 30.0 Å². The van der Waals surface area contributed by atoms with Gasteiger partial charge in [-0.25, -0.2) is 4.98 Å². The van der Waals surface area contributed by atoms with E-state index in [0.29, 0.717) is 12.2 Å². The van der Waals surface area contributed by atoms with Gasteiger partial charge in [0.05, 0.1) is 12.2 Å². The van der Waals surface area contributed by atoms with Gasteiger partial charge in [0.1, 0.15) is 5.69 Å². The molecule has 26 heavy (non-hydrogen) atoms. The number of imidazole rings is 1. The third-order valence-corrected chi connectivity index (χ3v) is 5.52. The lowest BCUT2D eigenvalue weighted by Gasteiger charge is -2.24. The van der Waals surface area contributed by atoms with Crippen LogP contribution in [-0.4, -0.2) is 47.3 Å². The number of carbonyl (C=O) groups excluding carboxylic acids is 1. The number of thioether (sulfide) groups is 1. The summed E-state index contributed by atoms with van der Waals surface area (Å²) in [7, 11) is 4.04. The average Bonchev–Trinajstić information content (AvgIpc) is 3.32. The number of hydrogen-bond donors (Lipinski definition) is 1. The molecule has 0 saturated carbocycles. The van der Waals surface area contributed by atoms with Gasteiger partial charge in [-0.15, -0.1) is 0 Å². The van der Waals surface area contributed by atoms with Crippen molar-refractivity contribution in [2.45, 2.75) is 11.2 Å². The monoisotopic (exact) mass is 386 g/mol. The van der Waals surface area contributed by atoms with Gasteiger partial charge < -0.3 is 10.2 Å². The van der Waals surface area contributed by atoms with Gasteiger partial charge in [0.2, 0.25) is 0 Å². The first-order valence-corrected chi connectivity index (χ1v) is 10.4. The normalized spacial score (nSPS) is 12.3. The topological polar surface area (TPSA) is 50.2 Å². The molecule has 5 nitrogen and oxygen atoms in total. The fraction of sp³-hybridized carbons (Fsp3) is 0.263. The highest BCUT2D eigenvalue weighted by molar-refractivity contribution is 7.98. The van der Waals surface area contributed by atoms with Crippen molar-refractivity contribution < 1.29 is 4.79 Å². The van der Waals surface area contributed by atoms with E-state index in [-0.39, 0.29) is 11.9 Å². The van der Waals surface area contributed by atoms with E-state index in [1.807, 2.05) is 55.3 Å². The van der Waals surface area contributed by atoms with Gasteiger partial charge in [0.15, 0.2) is 5.16 Å². The maximum Gasteiger partial charge on any atom is 0.270 e. The van der Waals surface area contributed by atoms with Crippen LogP contribution < -0.4 is 5.32 Å². The quantitative estimate of drug-likeness (QED) is 0.629. The molecule has 0 bridgehead atoms. The second-order valence-corrected chi connectivity index (χ2v) is 7.60. The van der Waals surface area contributed by atoms with Crippen LogP contribution in [0.5, 0.6) is 0 Å². The third-order valence-electron chi connectivity index (χ3n) is 4.17. The molecule has 1 aromatic carbocycles. The largest absolute Gasteiger partial charge is 0.349 e. The highest BCUT2D eigenvalue weighted by Crippen LogP contribution is 2.23. The number of amides is 1. The van der Waals surface area contributed by atoms with Gasteiger partial charge in [0.25, 0.3) is 5.91 Å². The molecule has 1 atom stereocenters. The summed E-state index contributed by atoms with van der Waals surface area (Å²) in [4.78, 5) is 19.4. The lowest BCUT2D eigenvalue weighted by atomic mass is 10.1. The van der Waals surface area contributed by atoms with E-state index >= 15 is 0 Å². The number of nitrogens with one attached hydrogen (secondary N) is 1. The van der Waals surface area contributed by atoms with E-state index in [9.17, 15) is 4.79 Å². The van der Waals surface area contributed by atoms with Crippen LogP contribution in [0.1, 0.15) is 22.1 Å². The van der Waals surface area contributed by atoms with Crippen molar-refractivity contribution in [3.8, 4) is 5.69 Å². The van der Waals surface area contributed by atoms with E-state index in [0.717, 1.165) is 10.8 Å². The van der Waals surface area contributed by atoms with Crippen molar-refractivity contribution in [2.75, 3.05) is 26.9 Å². The number of para-hydroxylation sites is 1. The minimum Gasteiger partial charge on any atom is -0.349 e.